The second-order valence-electron chi connectivity index (χ2n) is 3.68. The molecule has 1 aliphatic heterocycles. The number of hydroxylamine groups is 2. The molecule has 0 atom stereocenters. The molecule has 5 heteroatoms. The van der Waals surface area contributed by atoms with E-state index in [1.165, 1.54) is 0 Å². The van der Waals surface area contributed by atoms with Gasteiger partial charge in [0, 0.05) is 18.8 Å². The Morgan fingerprint density at radius 2 is 1.81 bits per heavy atom. The molecule has 0 bridgehead atoms. The minimum Gasteiger partial charge on any atom is -0.330 e. The van der Waals surface area contributed by atoms with E-state index in [2.05, 4.69) is 0 Å². The van der Waals surface area contributed by atoms with Crippen LogP contribution in [0.5, 0.6) is 0 Å². The Bertz CT molecular complexity index is 369. The molecule has 0 radical (unpaired) electrons. The van der Waals surface area contributed by atoms with Crippen molar-refractivity contribution in [3.8, 4) is 0 Å². The number of allylic oxidation sites excluding steroid dienone is 4. The van der Waals surface area contributed by atoms with E-state index in [1.807, 2.05) is 24.3 Å². The van der Waals surface area contributed by atoms with Crippen LogP contribution in [0.15, 0.2) is 24.3 Å². The first-order valence-corrected chi connectivity index (χ1v) is 5.08. The summed E-state index contributed by atoms with van der Waals surface area (Å²) in [4.78, 5) is 38.4. The average Bonchev–Trinajstić information content (AvgIpc) is 2.83. The summed E-state index contributed by atoms with van der Waals surface area (Å²) in [6.45, 7) is 0. The highest BCUT2D eigenvalue weighted by Gasteiger charge is 2.33. The zero-order valence-electron chi connectivity index (χ0n) is 8.59. The SMILES string of the molecule is O=C(CC1C=CC=C1)ON1C(=O)CCC1=O. The van der Waals surface area contributed by atoms with Gasteiger partial charge in [-0.15, -0.1) is 5.06 Å². The van der Waals surface area contributed by atoms with Crippen molar-refractivity contribution in [2.45, 2.75) is 19.3 Å². The number of carbonyl (C=O) groups is 3. The molecule has 16 heavy (non-hydrogen) atoms. The number of amides is 2. The van der Waals surface area contributed by atoms with Gasteiger partial charge in [-0.25, -0.2) is 4.79 Å². The molecule has 1 heterocycles. The fraction of sp³-hybridized carbons (Fsp3) is 0.364. The van der Waals surface area contributed by atoms with Crippen molar-refractivity contribution in [3.05, 3.63) is 24.3 Å². The largest absolute Gasteiger partial charge is 0.334 e. The second-order valence-corrected chi connectivity index (χ2v) is 3.68. The molecule has 0 aromatic rings. The fourth-order valence-corrected chi connectivity index (χ4v) is 1.60. The quantitative estimate of drug-likeness (QED) is 0.659. The molecule has 0 N–H and O–H groups in total. The predicted molar refractivity (Wildman–Crippen MR) is 53.6 cm³/mol. The third-order valence-corrected chi connectivity index (χ3v) is 2.43. The van der Waals surface area contributed by atoms with Crippen molar-refractivity contribution in [2.75, 3.05) is 0 Å². The van der Waals surface area contributed by atoms with Crippen LogP contribution in [0.25, 0.3) is 0 Å². The fourth-order valence-electron chi connectivity index (χ4n) is 1.60. The Morgan fingerprint density at radius 1 is 1.25 bits per heavy atom. The molecule has 2 amide bonds. The van der Waals surface area contributed by atoms with E-state index >= 15 is 0 Å². The van der Waals surface area contributed by atoms with Crippen molar-refractivity contribution in [2.24, 2.45) is 5.92 Å². The lowest BCUT2D eigenvalue weighted by molar-refractivity contribution is -0.197. The third kappa shape index (κ3) is 2.18. The molecular formula is C11H11NO4. The van der Waals surface area contributed by atoms with Gasteiger partial charge < -0.3 is 4.84 Å². The molecule has 0 aromatic heterocycles. The van der Waals surface area contributed by atoms with Gasteiger partial charge >= 0.3 is 5.97 Å². The smallest absolute Gasteiger partial charge is 0.330 e. The van der Waals surface area contributed by atoms with Crippen molar-refractivity contribution in [1.29, 1.82) is 0 Å². The maximum Gasteiger partial charge on any atom is 0.334 e. The maximum absolute atomic E-state index is 11.4. The summed E-state index contributed by atoms with van der Waals surface area (Å²) in [5.41, 5.74) is 0. The van der Waals surface area contributed by atoms with E-state index in [0.29, 0.717) is 5.06 Å². The first-order chi connectivity index (χ1) is 7.66. The first kappa shape index (κ1) is 10.6. The molecule has 1 aliphatic carbocycles. The Balaban J connectivity index is 1.87. The zero-order valence-corrected chi connectivity index (χ0v) is 8.59. The van der Waals surface area contributed by atoms with E-state index in [4.69, 9.17) is 4.84 Å². The lowest BCUT2D eigenvalue weighted by atomic mass is 10.1. The average molecular weight is 221 g/mol. The minimum absolute atomic E-state index is 0.000284. The molecule has 0 aromatic carbocycles. The Kier molecular flexibility index (Phi) is 2.85. The van der Waals surface area contributed by atoms with Gasteiger partial charge in [0.15, 0.2) is 0 Å². The van der Waals surface area contributed by atoms with Crippen molar-refractivity contribution < 1.29 is 19.2 Å². The van der Waals surface area contributed by atoms with Gasteiger partial charge in [-0.1, -0.05) is 24.3 Å². The van der Waals surface area contributed by atoms with E-state index in [0.717, 1.165) is 0 Å². The predicted octanol–water partition coefficient (Wildman–Crippen LogP) is 0.726. The Hall–Kier alpha value is -1.91. The van der Waals surface area contributed by atoms with E-state index < -0.39 is 17.8 Å². The van der Waals surface area contributed by atoms with Crippen LogP contribution in [-0.4, -0.2) is 22.8 Å². The lowest BCUT2D eigenvalue weighted by Gasteiger charge is -2.13. The molecular weight excluding hydrogens is 210 g/mol. The maximum atomic E-state index is 11.4. The van der Waals surface area contributed by atoms with Crippen LogP contribution in [0.1, 0.15) is 19.3 Å². The highest BCUT2D eigenvalue weighted by Crippen LogP contribution is 2.17. The number of imide groups is 1. The van der Waals surface area contributed by atoms with Crippen molar-refractivity contribution >= 4 is 17.8 Å². The molecule has 2 aliphatic rings. The number of carbonyl (C=O) groups excluding carboxylic acids is 3. The monoisotopic (exact) mass is 221 g/mol. The normalized spacial score (nSPS) is 19.9. The molecule has 0 spiro atoms. The number of hydrogen-bond acceptors (Lipinski definition) is 4. The Morgan fingerprint density at radius 3 is 2.38 bits per heavy atom. The molecule has 5 nitrogen and oxygen atoms in total. The van der Waals surface area contributed by atoms with Gasteiger partial charge in [0.25, 0.3) is 11.8 Å². The van der Waals surface area contributed by atoms with Crippen molar-refractivity contribution in [1.82, 2.24) is 5.06 Å². The summed E-state index contributed by atoms with van der Waals surface area (Å²) in [7, 11) is 0. The topological polar surface area (TPSA) is 63.7 Å². The second kappa shape index (κ2) is 4.30. The summed E-state index contributed by atoms with van der Waals surface area (Å²) in [5, 5.41) is 0.574. The van der Waals surface area contributed by atoms with Crippen LogP contribution in [-0.2, 0) is 19.2 Å². The summed E-state index contributed by atoms with van der Waals surface area (Å²) in [6, 6.07) is 0. The zero-order chi connectivity index (χ0) is 11.5. The summed E-state index contributed by atoms with van der Waals surface area (Å²) >= 11 is 0. The molecule has 0 saturated carbocycles. The summed E-state index contributed by atoms with van der Waals surface area (Å²) in [6.07, 6.45) is 7.77. The van der Waals surface area contributed by atoms with E-state index in [1.54, 1.807) is 0 Å². The van der Waals surface area contributed by atoms with Gasteiger partial charge in [0.1, 0.15) is 0 Å². The standard InChI is InChI=1S/C11H11NO4/c13-9-5-6-10(14)12(9)16-11(15)7-8-3-1-2-4-8/h1-4,8H,5-7H2. The number of hydrogen-bond donors (Lipinski definition) is 0. The summed E-state index contributed by atoms with van der Waals surface area (Å²) < 4.78 is 0. The van der Waals surface area contributed by atoms with Crippen LogP contribution < -0.4 is 0 Å². The van der Waals surface area contributed by atoms with Gasteiger partial charge in [0.05, 0.1) is 6.42 Å². The highest BCUT2D eigenvalue weighted by atomic mass is 16.7. The van der Waals surface area contributed by atoms with E-state index in [9.17, 15) is 14.4 Å². The van der Waals surface area contributed by atoms with Gasteiger partial charge in [-0.2, -0.15) is 0 Å². The molecule has 1 fully saturated rings. The van der Waals surface area contributed by atoms with Crippen LogP contribution in [0.4, 0.5) is 0 Å². The Labute approximate surface area is 92.3 Å². The first-order valence-electron chi connectivity index (χ1n) is 5.08. The highest BCUT2D eigenvalue weighted by molar-refractivity contribution is 6.01. The van der Waals surface area contributed by atoms with Crippen LogP contribution in [0.2, 0.25) is 0 Å². The van der Waals surface area contributed by atoms with Gasteiger partial charge in [-0.05, 0) is 0 Å². The van der Waals surface area contributed by atoms with Gasteiger partial charge in [-0.3, -0.25) is 9.59 Å². The molecule has 0 unspecified atom stereocenters. The summed E-state index contributed by atoms with van der Waals surface area (Å²) in [5.74, 6) is -1.46. The third-order valence-electron chi connectivity index (χ3n) is 2.43. The van der Waals surface area contributed by atoms with Crippen molar-refractivity contribution in [3.63, 3.8) is 0 Å². The van der Waals surface area contributed by atoms with E-state index in [-0.39, 0.29) is 25.2 Å². The molecule has 2 rings (SSSR count). The molecule has 84 valence electrons. The van der Waals surface area contributed by atoms with Crippen LogP contribution in [0.3, 0.4) is 0 Å². The lowest BCUT2D eigenvalue weighted by Crippen LogP contribution is -2.32. The minimum atomic E-state index is -0.565. The van der Waals surface area contributed by atoms with Crippen LogP contribution >= 0.6 is 0 Å². The number of nitrogens with zero attached hydrogens (tertiary/aromatic N) is 1. The van der Waals surface area contributed by atoms with Gasteiger partial charge in [0.2, 0.25) is 0 Å². The number of rotatable bonds is 3. The molecule has 1 saturated heterocycles. The van der Waals surface area contributed by atoms with Crippen LogP contribution in [0, 0.1) is 5.92 Å².